The van der Waals surface area contributed by atoms with Gasteiger partial charge in [0.05, 0.1) is 20.3 Å². The van der Waals surface area contributed by atoms with Gasteiger partial charge < -0.3 is 14.8 Å². The summed E-state index contributed by atoms with van der Waals surface area (Å²) in [6.45, 7) is 4.20. The second-order valence-corrected chi connectivity index (χ2v) is 8.71. The predicted molar refractivity (Wildman–Crippen MR) is 121 cm³/mol. The molecule has 1 aliphatic carbocycles. The third kappa shape index (κ3) is 4.99. The Kier molecular flexibility index (Phi) is 7.04. The Bertz CT molecular complexity index is 927. The minimum absolute atomic E-state index is 0.0361. The number of ether oxygens (including phenoxy) is 2. The number of carbonyl (C=O) groups is 1. The van der Waals surface area contributed by atoms with Crippen molar-refractivity contribution in [1.29, 1.82) is 0 Å². The molecule has 1 saturated carbocycles. The van der Waals surface area contributed by atoms with Gasteiger partial charge in [-0.2, -0.15) is 5.10 Å². The van der Waals surface area contributed by atoms with Gasteiger partial charge in [-0.25, -0.2) is 0 Å². The quantitative estimate of drug-likeness (QED) is 0.638. The highest BCUT2D eigenvalue weighted by atomic mass is 32.1. The summed E-state index contributed by atoms with van der Waals surface area (Å²) in [5.74, 6) is 1.36. The first-order chi connectivity index (χ1) is 15.1. The molecule has 1 amide bonds. The van der Waals surface area contributed by atoms with Crippen molar-refractivity contribution in [2.45, 2.75) is 44.2 Å². The van der Waals surface area contributed by atoms with E-state index in [1.165, 1.54) is 19.3 Å². The first-order valence-electron chi connectivity index (χ1n) is 11.0. The lowest BCUT2D eigenvalue weighted by Gasteiger charge is -2.48. The number of carbonyl (C=O) groups excluding carboxylic acids is 1. The summed E-state index contributed by atoms with van der Waals surface area (Å²) in [5, 5.41) is 10.4. The molecule has 0 unspecified atom stereocenters. The number of amides is 1. The molecule has 1 aliphatic heterocycles. The third-order valence-corrected chi connectivity index (χ3v) is 6.80. The largest absolute Gasteiger partial charge is 0.497 e. The summed E-state index contributed by atoms with van der Waals surface area (Å²) < 4.78 is 13.0. The molecule has 8 nitrogen and oxygen atoms in total. The molecule has 0 spiro atoms. The van der Waals surface area contributed by atoms with Gasteiger partial charge in [-0.15, -0.1) is 0 Å². The van der Waals surface area contributed by atoms with E-state index >= 15 is 0 Å². The molecule has 1 aromatic carbocycles. The van der Waals surface area contributed by atoms with Crippen LogP contribution in [0.5, 0.6) is 5.75 Å². The van der Waals surface area contributed by atoms with E-state index < -0.39 is 0 Å². The molecule has 31 heavy (non-hydrogen) atoms. The van der Waals surface area contributed by atoms with Crippen molar-refractivity contribution >= 4 is 18.1 Å². The second kappa shape index (κ2) is 9.93. The summed E-state index contributed by atoms with van der Waals surface area (Å²) in [6, 6.07) is 7.56. The molecule has 4 rings (SSSR count). The number of aromatic amines is 1. The van der Waals surface area contributed by atoms with Crippen LogP contribution in [0.2, 0.25) is 0 Å². The van der Waals surface area contributed by atoms with E-state index in [9.17, 15) is 4.79 Å². The van der Waals surface area contributed by atoms with Crippen LogP contribution < -0.4 is 10.1 Å². The highest BCUT2D eigenvalue weighted by molar-refractivity contribution is 7.71. The molecule has 168 valence electrons. The van der Waals surface area contributed by atoms with E-state index in [0.29, 0.717) is 17.1 Å². The Morgan fingerprint density at radius 1 is 1.23 bits per heavy atom. The monoisotopic (exact) mass is 445 g/mol. The Morgan fingerprint density at radius 3 is 2.61 bits per heavy atom. The van der Waals surface area contributed by atoms with Crippen LogP contribution in [0.1, 0.15) is 32.1 Å². The molecule has 0 radical (unpaired) electrons. The fourth-order valence-electron chi connectivity index (χ4n) is 4.74. The van der Waals surface area contributed by atoms with Gasteiger partial charge in [-0.05, 0) is 49.3 Å². The number of H-pyrrole nitrogens is 1. The van der Waals surface area contributed by atoms with Crippen molar-refractivity contribution in [3.63, 3.8) is 0 Å². The molecule has 2 aliphatic rings. The molecule has 2 N–H and O–H groups in total. The number of rotatable bonds is 7. The van der Waals surface area contributed by atoms with Crippen molar-refractivity contribution in [2.75, 3.05) is 40.0 Å². The SMILES string of the molecule is COc1ccc(-c2n[nH]c(=S)n2CC(=O)NCC2(N3CCOCC3)CCCCC2)cc1. The van der Waals surface area contributed by atoms with Crippen LogP contribution in [0.3, 0.4) is 0 Å². The van der Waals surface area contributed by atoms with Gasteiger partial charge in [-0.1, -0.05) is 19.3 Å². The van der Waals surface area contributed by atoms with Crippen LogP contribution in [-0.4, -0.2) is 71.1 Å². The molecule has 2 fully saturated rings. The molecule has 9 heteroatoms. The average Bonchev–Trinajstić information content (AvgIpc) is 3.19. The molecule has 1 aromatic heterocycles. The van der Waals surface area contributed by atoms with E-state index in [-0.39, 0.29) is 18.0 Å². The van der Waals surface area contributed by atoms with Crippen molar-refractivity contribution in [3.8, 4) is 17.1 Å². The molecule has 0 bridgehead atoms. The van der Waals surface area contributed by atoms with Gasteiger partial charge in [0.25, 0.3) is 0 Å². The van der Waals surface area contributed by atoms with Crippen LogP contribution >= 0.6 is 12.2 Å². The van der Waals surface area contributed by atoms with Crippen molar-refractivity contribution in [1.82, 2.24) is 25.0 Å². The van der Waals surface area contributed by atoms with Crippen molar-refractivity contribution in [3.05, 3.63) is 29.0 Å². The normalized spacial score (nSPS) is 19.1. The number of hydrogen-bond acceptors (Lipinski definition) is 6. The number of nitrogens with one attached hydrogen (secondary N) is 2. The first-order valence-corrected chi connectivity index (χ1v) is 11.4. The molecular weight excluding hydrogens is 414 g/mol. The van der Waals surface area contributed by atoms with Crippen LogP contribution in [-0.2, 0) is 16.1 Å². The Morgan fingerprint density at radius 2 is 1.94 bits per heavy atom. The molecule has 1 saturated heterocycles. The van der Waals surface area contributed by atoms with E-state index in [4.69, 9.17) is 21.7 Å². The lowest BCUT2D eigenvalue weighted by molar-refractivity contribution is -0.123. The Balaban J connectivity index is 1.44. The van der Waals surface area contributed by atoms with E-state index in [1.54, 1.807) is 11.7 Å². The summed E-state index contributed by atoms with van der Waals surface area (Å²) >= 11 is 5.39. The van der Waals surface area contributed by atoms with Crippen LogP contribution in [0.25, 0.3) is 11.4 Å². The van der Waals surface area contributed by atoms with Crippen LogP contribution in [0.15, 0.2) is 24.3 Å². The third-order valence-electron chi connectivity index (χ3n) is 6.49. The van der Waals surface area contributed by atoms with Gasteiger partial charge in [0.2, 0.25) is 5.91 Å². The number of benzene rings is 1. The van der Waals surface area contributed by atoms with Gasteiger partial charge in [0, 0.05) is 30.7 Å². The molecule has 0 atom stereocenters. The maximum atomic E-state index is 12.9. The topological polar surface area (TPSA) is 84.4 Å². The zero-order valence-electron chi connectivity index (χ0n) is 18.1. The maximum absolute atomic E-state index is 12.9. The highest BCUT2D eigenvalue weighted by Gasteiger charge is 2.38. The summed E-state index contributed by atoms with van der Waals surface area (Å²) in [4.78, 5) is 15.5. The first kappa shape index (κ1) is 22.0. The summed E-state index contributed by atoms with van der Waals surface area (Å²) in [7, 11) is 1.63. The van der Waals surface area contributed by atoms with Gasteiger partial charge in [-0.3, -0.25) is 19.4 Å². The minimum atomic E-state index is -0.0505. The van der Waals surface area contributed by atoms with E-state index in [2.05, 4.69) is 20.4 Å². The minimum Gasteiger partial charge on any atom is -0.497 e. The standard InChI is InChI=1S/C22H31N5O3S/c1-29-18-7-5-17(6-8-18)20-24-25-21(31)27(20)15-19(28)23-16-22(9-3-2-4-10-22)26-11-13-30-14-12-26/h5-8H,2-4,9-16H2,1H3,(H,23,28)(H,25,31). The fourth-order valence-corrected chi connectivity index (χ4v) is 4.94. The van der Waals surface area contributed by atoms with Crippen LogP contribution in [0, 0.1) is 4.77 Å². The molecular formula is C22H31N5O3S. The zero-order chi connectivity index (χ0) is 21.7. The van der Waals surface area contributed by atoms with E-state index in [0.717, 1.165) is 50.5 Å². The molecule has 2 heterocycles. The fraction of sp³-hybridized carbons (Fsp3) is 0.591. The predicted octanol–water partition coefficient (Wildman–Crippen LogP) is 2.77. The number of morpholine rings is 1. The number of hydrogen-bond donors (Lipinski definition) is 2. The second-order valence-electron chi connectivity index (χ2n) is 8.33. The highest BCUT2D eigenvalue weighted by Crippen LogP contribution is 2.34. The number of methoxy groups -OCH3 is 1. The number of aromatic nitrogens is 3. The smallest absolute Gasteiger partial charge is 0.240 e. The van der Waals surface area contributed by atoms with Gasteiger partial charge in [0.1, 0.15) is 12.3 Å². The summed E-state index contributed by atoms with van der Waals surface area (Å²) in [6.07, 6.45) is 5.93. The zero-order valence-corrected chi connectivity index (χ0v) is 18.9. The van der Waals surface area contributed by atoms with Crippen LogP contribution in [0.4, 0.5) is 0 Å². The van der Waals surface area contributed by atoms with Gasteiger partial charge in [0.15, 0.2) is 10.6 Å². The summed E-state index contributed by atoms with van der Waals surface area (Å²) in [5.41, 5.74) is 0.909. The Hall–Kier alpha value is -2.23. The van der Waals surface area contributed by atoms with E-state index in [1.807, 2.05) is 24.3 Å². The van der Waals surface area contributed by atoms with Crippen molar-refractivity contribution < 1.29 is 14.3 Å². The average molecular weight is 446 g/mol. The lowest BCUT2D eigenvalue weighted by atomic mass is 9.79. The Labute approximate surface area is 187 Å². The molecule has 2 aromatic rings. The van der Waals surface area contributed by atoms with Crippen molar-refractivity contribution in [2.24, 2.45) is 0 Å². The van der Waals surface area contributed by atoms with Gasteiger partial charge >= 0.3 is 0 Å². The maximum Gasteiger partial charge on any atom is 0.240 e. The lowest BCUT2D eigenvalue weighted by Crippen LogP contribution is -2.59. The number of nitrogens with zero attached hydrogens (tertiary/aromatic N) is 3.